The van der Waals surface area contributed by atoms with Crippen molar-refractivity contribution in [2.24, 2.45) is 5.92 Å². The summed E-state index contributed by atoms with van der Waals surface area (Å²) in [6, 6.07) is 10.1. The van der Waals surface area contributed by atoms with Crippen molar-refractivity contribution in [1.82, 2.24) is 5.32 Å². The third-order valence-corrected chi connectivity index (χ3v) is 6.05. The smallest absolute Gasteiger partial charge is 0.203 e. The Hall–Kier alpha value is -1.76. The van der Waals surface area contributed by atoms with Gasteiger partial charge in [-0.25, -0.2) is 0 Å². The number of nitrogens with one attached hydrogen (secondary N) is 1. The molecule has 0 saturated heterocycles. The first-order valence-corrected chi connectivity index (χ1v) is 10.4. The molecule has 1 aliphatic rings. The minimum absolute atomic E-state index is 0.172. The van der Waals surface area contributed by atoms with E-state index in [1.807, 2.05) is 18.2 Å². The van der Waals surface area contributed by atoms with Crippen LogP contribution >= 0.6 is 11.3 Å². The lowest BCUT2D eigenvalue weighted by atomic mass is 9.96. The molecule has 0 bridgehead atoms. The van der Waals surface area contributed by atoms with Crippen molar-refractivity contribution in [2.75, 3.05) is 27.4 Å². The van der Waals surface area contributed by atoms with Gasteiger partial charge in [0.25, 0.3) is 0 Å². The molecule has 0 spiro atoms. The SMILES string of the molecule is COc1cccc(OC)c1OCC(O)CNC(c1cccs1)C1CCCC1. The summed E-state index contributed by atoms with van der Waals surface area (Å²) in [6.07, 6.45) is 4.48. The minimum Gasteiger partial charge on any atom is -0.493 e. The second-order valence-electron chi connectivity index (χ2n) is 6.90. The van der Waals surface area contributed by atoms with Gasteiger partial charge in [0.2, 0.25) is 5.75 Å². The fourth-order valence-electron chi connectivity index (χ4n) is 3.72. The highest BCUT2D eigenvalue weighted by atomic mass is 32.1. The number of ether oxygens (including phenoxy) is 3. The van der Waals surface area contributed by atoms with Gasteiger partial charge < -0.3 is 24.6 Å². The molecule has 1 aliphatic carbocycles. The van der Waals surface area contributed by atoms with Gasteiger partial charge >= 0.3 is 0 Å². The minimum atomic E-state index is -0.622. The molecule has 1 saturated carbocycles. The van der Waals surface area contributed by atoms with Gasteiger partial charge in [0.05, 0.1) is 14.2 Å². The molecule has 1 aromatic heterocycles. The summed E-state index contributed by atoms with van der Waals surface area (Å²) in [6.45, 7) is 0.655. The van der Waals surface area contributed by atoms with Crippen LogP contribution < -0.4 is 19.5 Å². The van der Waals surface area contributed by atoms with Crippen LogP contribution in [0.25, 0.3) is 0 Å². The average molecular weight is 392 g/mol. The lowest BCUT2D eigenvalue weighted by molar-refractivity contribution is 0.0976. The molecule has 2 N–H and O–H groups in total. The largest absolute Gasteiger partial charge is 0.493 e. The Morgan fingerprint density at radius 2 is 1.81 bits per heavy atom. The van der Waals surface area contributed by atoms with Crippen molar-refractivity contribution >= 4 is 11.3 Å². The number of hydrogen-bond donors (Lipinski definition) is 2. The highest BCUT2D eigenvalue weighted by Gasteiger charge is 2.27. The van der Waals surface area contributed by atoms with Gasteiger partial charge in [-0.05, 0) is 42.3 Å². The van der Waals surface area contributed by atoms with Crippen LogP contribution in [0.15, 0.2) is 35.7 Å². The van der Waals surface area contributed by atoms with E-state index in [2.05, 4.69) is 22.8 Å². The highest BCUT2D eigenvalue weighted by Crippen LogP contribution is 2.38. The Morgan fingerprint density at radius 3 is 2.41 bits per heavy atom. The monoisotopic (exact) mass is 391 g/mol. The molecule has 2 unspecified atom stereocenters. The Balaban J connectivity index is 1.56. The zero-order valence-electron chi connectivity index (χ0n) is 16.0. The van der Waals surface area contributed by atoms with E-state index in [-0.39, 0.29) is 6.61 Å². The number of aliphatic hydroxyl groups excluding tert-OH is 1. The Kier molecular flexibility index (Phi) is 7.38. The van der Waals surface area contributed by atoms with Crippen LogP contribution in [0.1, 0.15) is 36.6 Å². The predicted octanol–water partition coefficient (Wildman–Crippen LogP) is 4.03. The molecule has 2 atom stereocenters. The van der Waals surface area contributed by atoms with Gasteiger partial charge in [-0.3, -0.25) is 0 Å². The topological polar surface area (TPSA) is 60.0 Å². The van der Waals surface area contributed by atoms with E-state index in [1.165, 1.54) is 30.6 Å². The van der Waals surface area contributed by atoms with Crippen LogP contribution in [0.2, 0.25) is 0 Å². The summed E-state index contributed by atoms with van der Waals surface area (Å²) in [5, 5.41) is 16.2. The van der Waals surface area contributed by atoms with Crippen LogP contribution in [-0.4, -0.2) is 38.6 Å². The second-order valence-corrected chi connectivity index (χ2v) is 7.88. The summed E-state index contributed by atoms with van der Waals surface area (Å²) in [5.41, 5.74) is 0. The third kappa shape index (κ3) is 5.15. The second kappa shape index (κ2) is 9.97. The number of aliphatic hydroxyl groups is 1. The Bertz CT molecular complexity index is 663. The lowest BCUT2D eigenvalue weighted by Gasteiger charge is -2.25. The number of hydrogen-bond acceptors (Lipinski definition) is 6. The molecule has 27 heavy (non-hydrogen) atoms. The van der Waals surface area contributed by atoms with Crippen LogP contribution in [0, 0.1) is 5.92 Å². The number of benzene rings is 1. The van der Waals surface area contributed by atoms with E-state index >= 15 is 0 Å². The van der Waals surface area contributed by atoms with Crippen LogP contribution in [0.5, 0.6) is 17.2 Å². The summed E-state index contributed by atoms with van der Waals surface area (Å²) in [5.74, 6) is 2.35. The van der Waals surface area contributed by atoms with Gasteiger partial charge in [0, 0.05) is 17.5 Å². The maximum absolute atomic E-state index is 10.5. The van der Waals surface area contributed by atoms with Gasteiger partial charge in [-0.15, -0.1) is 11.3 Å². The van der Waals surface area contributed by atoms with Gasteiger partial charge in [-0.2, -0.15) is 0 Å². The Labute approximate surface area is 165 Å². The molecular weight excluding hydrogens is 362 g/mol. The molecule has 0 radical (unpaired) electrons. The maximum atomic E-state index is 10.5. The molecule has 5 nitrogen and oxygen atoms in total. The third-order valence-electron chi connectivity index (χ3n) is 5.10. The van der Waals surface area contributed by atoms with Crippen LogP contribution in [-0.2, 0) is 0 Å². The predicted molar refractivity (Wildman–Crippen MR) is 108 cm³/mol. The van der Waals surface area contributed by atoms with Gasteiger partial charge in [-0.1, -0.05) is 25.0 Å². The first-order chi connectivity index (χ1) is 13.2. The van der Waals surface area contributed by atoms with Crippen molar-refractivity contribution < 1.29 is 19.3 Å². The summed E-state index contributed by atoms with van der Waals surface area (Å²) >= 11 is 1.78. The number of para-hydroxylation sites is 1. The molecule has 2 aromatic rings. The van der Waals surface area contributed by atoms with E-state index < -0.39 is 6.10 Å². The number of thiophene rings is 1. The van der Waals surface area contributed by atoms with Gasteiger partial charge in [0.15, 0.2) is 11.5 Å². The quantitative estimate of drug-likeness (QED) is 0.640. The molecule has 0 aliphatic heterocycles. The molecule has 148 valence electrons. The summed E-state index contributed by atoms with van der Waals surface area (Å²) in [7, 11) is 3.18. The molecular formula is C21H29NO4S. The number of rotatable bonds is 10. The van der Waals surface area contributed by atoms with E-state index in [0.29, 0.717) is 35.8 Å². The molecule has 3 rings (SSSR count). The molecule has 0 amide bonds. The van der Waals surface area contributed by atoms with Crippen molar-refractivity contribution in [3.05, 3.63) is 40.6 Å². The van der Waals surface area contributed by atoms with E-state index in [9.17, 15) is 5.11 Å². The molecule has 1 fully saturated rings. The summed E-state index contributed by atoms with van der Waals surface area (Å²) in [4.78, 5) is 1.35. The highest BCUT2D eigenvalue weighted by molar-refractivity contribution is 7.10. The van der Waals surface area contributed by atoms with E-state index in [4.69, 9.17) is 14.2 Å². The van der Waals surface area contributed by atoms with E-state index in [0.717, 1.165) is 0 Å². The lowest BCUT2D eigenvalue weighted by Crippen LogP contribution is -2.36. The Morgan fingerprint density at radius 1 is 1.11 bits per heavy atom. The number of methoxy groups -OCH3 is 2. The van der Waals surface area contributed by atoms with Crippen molar-refractivity contribution in [1.29, 1.82) is 0 Å². The van der Waals surface area contributed by atoms with Crippen LogP contribution in [0.3, 0.4) is 0 Å². The van der Waals surface area contributed by atoms with Gasteiger partial charge in [0.1, 0.15) is 12.7 Å². The zero-order valence-corrected chi connectivity index (χ0v) is 16.8. The molecule has 6 heteroatoms. The maximum Gasteiger partial charge on any atom is 0.203 e. The fourth-order valence-corrected chi connectivity index (χ4v) is 4.61. The summed E-state index contributed by atoms with van der Waals surface area (Å²) < 4.78 is 16.5. The van der Waals surface area contributed by atoms with Crippen molar-refractivity contribution in [3.63, 3.8) is 0 Å². The average Bonchev–Trinajstić information content (AvgIpc) is 3.41. The first-order valence-electron chi connectivity index (χ1n) is 9.51. The first kappa shape index (κ1) is 20.0. The normalized spacial score (nSPS) is 16.9. The standard InChI is InChI=1S/C21H29NO4S/c1-24-17-9-5-10-18(25-2)21(17)26-14-16(23)13-22-20(15-7-3-4-8-15)19-11-6-12-27-19/h5-6,9-12,15-16,20,22-23H,3-4,7-8,13-14H2,1-2H3. The van der Waals surface area contributed by atoms with Crippen molar-refractivity contribution in [3.8, 4) is 17.2 Å². The van der Waals surface area contributed by atoms with E-state index in [1.54, 1.807) is 25.6 Å². The van der Waals surface area contributed by atoms with Crippen LogP contribution in [0.4, 0.5) is 0 Å². The fraction of sp³-hybridized carbons (Fsp3) is 0.524. The molecule has 1 aromatic carbocycles. The zero-order chi connectivity index (χ0) is 19.1. The molecule has 1 heterocycles. The van der Waals surface area contributed by atoms with Crippen molar-refractivity contribution in [2.45, 2.75) is 37.8 Å².